The summed E-state index contributed by atoms with van der Waals surface area (Å²) >= 11 is 0. The highest BCUT2D eigenvalue weighted by atomic mass is 31.2. The number of phosphoric acid groups is 2. The van der Waals surface area contributed by atoms with E-state index in [0.717, 1.165) is 96.3 Å². The number of unbranched alkanes of at least 4 members (excludes halogenated alkanes) is 61. The fraction of sp³-hybridized carbons (Fsp3) is 0.955. The molecule has 0 bridgehead atoms. The molecule has 19 heteroatoms. The molecular formula is C89H174O17P2. The van der Waals surface area contributed by atoms with Crippen LogP contribution in [0.2, 0.25) is 0 Å². The van der Waals surface area contributed by atoms with Gasteiger partial charge < -0.3 is 33.8 Å². The van der Waals surface area contributed by atoms with Gasteiger partial charge in [0, 0.05) is 25.7 Å². The molecule has 0 spiro atoms. The fourth-order valence-corrected chi connectivity index (χ4v) is 15.6. The molecule has 0 amide bonds. The Morgan fingerprint density at radius 2 is 0.426 bits per heavy atom. The van der Waals surface area contributed by atoms with Gasteiger partial charge in [-0.1, -0.05) is 433 Å². The molecule has 2 unspecified atom stereocenters. The number of phosphoric ester groups is 2. The van der Waals surface area contributed by atoms with E-state index in [1.807, 2.05) is 0 Å². The normalized spacial score (nSPS) is 13.7. The van der Waals surface area contributed by atoms with Crippen LogP contribution in [0.1, 0.15) is 484 Å². The first-order valence-electron chi connectivity index (χ1n) is 46.1. The highest BCUT2D eigenvalue weighted by Crippen LogP contribution is 2.45. The standard InChI is InChI=1S/C89H174O17P2/c1-6-9-12-15-18-21-24-27-30-33-35-37-39-41-44-46-49-52-57-62-67-72-86(91)99-78-84(105-88(93)74-70-65-59-54-51-48-45-42-40-38-36-34-31-28-25-22-19-16-13-10-7-2)80-103-107(95,96)101-76-83(90)77-102-108(97,98)104-81-85(79-100-87(92)73-68-63-60-55-56-61-66-71-82(4)5)106-89(94)75-69-64-58-53-50-47-43-32-29-26-23-20-17-14-11-8-3/h82-85,90H,6-81H2,1-5H3,(H,95,96)(H,97,98)/t83-,84-,85-/m1/s1. The Bertz CT molecular complexity index is 2050. The van der Waals surface area contributed by atoms with Crippen LogP contribution in [0.3, 0.4) is 0 Å². The van der Waals surface area contributed by atoms with Crippen molar-refractivity contribution in [2.75, 3.05) is 39.6 Å². The molecule has 0 heterocycles. The molecule has 0 fully saturated rings. The van der Waals surface area contributed by atoms with Crippen LogP contribution in [-0.2, 0) is 65.4 Å². The van der Waals surface area contributed by atoms with E-state index in [0.29, 0.717) is 31.6 Å². The van der Waals surface area contributed by atoms with Crippen molar-refractivity contribution < 1.29 is 80.2 Å². The van der Waals surface area contributed by atoms with Crippen LogP contribution in [0.4, 0.5) is 0 Å². The number of esters is 4. The Morgan fingerprint density at radius 1 is 0.250 bits per heavy atom. The second-order valence-electron chi connectivity index (χ2n) is 32.5. The van der Waals surface area contributed by atoms with Gasteiger partial charge in [0.1, 0.15) is 19.3 Å². The first kappa shape index (κ1) is 106. The van der Waals surface area contributed by atoms with Crippen LogP contribution < -0.4 is 0 Å². The van der Waals surface area contributed by atoms with Gasteiger partial charge in [0.25, 0.3) is 0 Å². The number of aliphatic hydroxyl groups excluding tert-OH is 1. The van der Waals surface area contributed by atoms with Crippen LogP contribution in [0.5, 0.6) is 0 Å². The lowest BCUT2D eigenvalue weighted by atomic mass is 10.0. The van der Waals surface area contributed by atoms with E-state index in [-0.39, 0.29) is 25.7 Å². The average molecular weight is 1580 g/mol. The third kappa shape index (κ3) is 82.1. The summed E-state index contributed by atoms with van der Waals surface area (Å²) in [5, 5.41) is 10.7. The Labute approximate surface area is 664 Å². The Kier molecular flexibility index (Phi) is 80.2. The van der Waals surface area contributed by atoms with E-state index < -0.39 is 97.5 Å². The zero-order valence-electron chi connectivity index (χ0n) is 71.0. The molecule has 0 aromatic heterocycles. The lowest BCUT2D eigenvalue weighted by Gasteiger charge is -2.21. The Hall–Kier alpha value is -1.94. The summed E-state index contributed by atoms with van der Waals surface area (Å²) < 4.78 is 69.0. The van der Waals surface area contributed by atoms with Gasteiger partial charge >= 0.3 is 39.5 Å². The molecule has 5 atom stereocenters. The van der Waals surface area contributed by atoms with Crippen molar-refractivity contribution in [3.05, 3.63) is 0 Å². The van der Waals surface area contributed by atoms with Crippen molar-refractivity contribution in [1.82, 2.24) is 0 Å². The van der Waals surface area contributed by atoms with E-state index >= 15 is 0 Å². The molecule has 0 aliphatic rings. The van der Waals surface area contributed by atoms with Crippen molar-refractivity contribution in [1.29, 1.82) is 0 Å². The fourth-order valence-electron chi connectivity index (χ4n) is 14.0. The van der Waals surface area contributed by atoms with Gasteiger partial charge in [-0.25, -0.2) is 9.13 Å². The van der Waals surface area contributed by atoms with Gasteiger partial charge in [-0.15, -0.1) is 0 Å². The number of hydrogen-bond acceptors (Lipinski definition) is 15. The smallest absolute Gasteiger partial charge is 0.462 e. The van der Waals surface area contributed by atoms with E-state index in [9.17, 15) is 43.2 Å². The zero-order valence-corrected chi connectivity index (χ0v) is 72.8. The maximum absolute atomic E-state index is 13.2. The van der Waals surface area contributed by atoms with Gasteiger partial charge in [0.15, 0.2) is 12.2 Å². The molecule has 0 saturated carbocycles. The lowest BCUT2D eigenvalue weighted by molar-refractivity contribution is -0.161. The predicted molar refractivity (Wildman–Crippen MR) is 446 cm³/mol. The van der Waals surface area contributed by atoms with E-state index in [2.05, 4.69) is 34.6 Å². The quantitative estimate of drug-likeness (QED) is 0.0222. The van der Waals surface area contributed by atoms with Crippen molar-refractivity contribution in [2.24, 2.45) is 5.92 Å². The number of aliphatic hydroxyl groups is 1. The van der Waals surface area contributed by atoms with Crippen LogP contribution in [-0.4, -0.2) is 96.7 Å². The minimum absolute atomic E-state index is 0.108. The molecule has 108 heavy (non-hydrogen) atoms. The second-order valence-corrected chi connectivity index (χ2v) is 35.4. The topological polar surface area (TPSA) is 237 Å². The number of carbonyl (C=O) groups excluding carboxylic acids is 4. The van der Waals surface area contributed by atoms with Gasteiger partial charge in [0.2, 0.25) is 0 Å². The predicted octanol–water partition coefficient (Wildman–Crippen LogP) is 27.5. The molecule has 17 nitrogen and oxygen atoms in total. The minimum Gasteiger partial charge on any atom is -0.462 e. The number of carbonyl (C=O) groups is 4. The summed E-state index contributed by atoms with van der Waals surface area (Å²) in [6.07, 6.45) is 76.7. The van der Waals surface area contributed by atoms with Crippen LogP contribution in [0.15, 0.2) is 0 Å². The number of ether oxygens (including phenoxy) is 4. The second kappa shape index (κ2) is 81.6. The van der Waals surface area contributed by atoms with Crippen LogP contribution in [0.25, 0.3) is 0 Å². The lowest BCUT2D eigenvalue weighted by Crippen LogP contribution is -2.30. The highest BCUT2D eigenvalue weighted by molar-refractivity contribution is 7.47. The van der Waals surface area contributed by atoms with Crippen molar-refractivity contribution in [3.8, 4) is 0 Å². The highest BCUT2D eigenvalue weighted by Gasteiger charge is 2.30. The number of rotatable bonds is 89. The van der Waals surface area contributed by atoms with Crippen molar-refractivity contribution in [3.63, 3.8) is 0 Å². The van der Waals surface area contributed by atoms with Gasteiger partial charge in [0.05, 0.1) is 26.4 Å². The molecule has 0 aliphatic heterocycles. The summed E-state index contributed by atoms with van der Waals surface area (Å²) in [6, 6.07) is 0. The summed E-state index contributed by atoms with van der Waals surface area (Å²) in [5.41, 5.74) is 0. The summed E-state index contributed by atoms with van der Waals surface area (Å²) in [4.78, 5) is 73.3. The van der Waals surface area contributed by atoms with Crippen molar-refractivity contribution in [2.45, 2.75) is 502 Å². The molecule has 0 aliphatic carbocycles. The molecule has 3 N–H and O–H groups in total. The van der Waals surface area contributed by atoms with Gasteiger partial charge in [-0.05, 0) is 31.6 Å². The van der Waals surface area contributed by atoms with E-state index in [4.69, 9.17) is 37.0 Å². The molecule has 642 valence electrons. The Morgan fingerprint density at radius 3 is 0.630 bits per heavy atom. The van der Waals surface area contributed by atoms with Crippen molar-refractivity contribution >= 4 is 39.5 Å². The third-order valence-electron chi connectivity index (χ3n) is 21.0. The molecule has 0 rings (SSSR count). The third-order valence-corrected chi connectivity index (χ3v) is 22.9. The van der Waals surface area contributed by atoms with Crippen LogP contribution >= 0.6 is 15.6 Å². The summed E-state index contributed by atoms with van der Waals surface area (Å²) in [7, 11) is -9.93. The zero-order chi connectivity index (χ0) is 79.0. The average Bonchev–Trinajstić information content (AvgIpc) is 0.899. The minimum atomic E-state index is -4.97. The molecule has 0 aromatic carbocycles. The maximum atomic E-state index is 13.2. The first-order chi connectivity index (χ1) is 52.5. The molecule has 0 aromatic rings. The SMILES string of the molecule is CCCCCCCCCCCCCCCCCCCCCCCC(=O)OC[C@H](COP(=O)(O)OC[C@@H](O)COP(=O)(O)OC[C@@H](COC(=O)CCCCCCCCCC(C)C)OC(=O)CCCCCCCCCCCCCCCCCC)OC(=O)CCCCCCCCCCCCCCCCCCCCCCC. The summed E-state index contributed by atoms with van der Waals surface area (Å²) in [6.45, 7) is 7.32. The van der Waals surface area contributed by atoms with E-state index in [1.165, 1.54) is 302 Å². The largest absolute Gasteiger partial charge is 0.472 e. The molecule has 0 saturated heterocycles. The van der Waals surface area contributed by atoms with Gasteiger partial charge in [-0.2, -0.15) is 0 Å². The Balaban J connectivity index is 5.21. The van der Waals surface area contributed by atoms with Gasteiger partial charge in [-0.3, -0.25) is 37.3 Å². The number of hydrogen-bond donors (Lipinski definition) is 3. The summed E-state index contributed by atoms with van der Waals surface area (Å²) in [5.74, 6) is -1.39. The van der Waals surface area contributed by atoms with Crippen LogP contribution in [0, 0.1) is 5.92 Å². The maximum Gasteiger partial charge on any atom is 0.472 e. The van der Waals surface area contributed by atoms with E-state index in [1.54, 1.807) is 0 Å². The molecule has 0 radical (unpaired) electrons. The monoisotopic (exact) mass is 1580 g/mol. The molecular weight excluding hydrogens is 1400 g/mol. The first-order valence-corrected chi connectivity index (χ1v) is 49.1.